The largest absolute Gasteiger partial charge is 0.496 e. The Morgan fingerprint density at radius 1 is 1.09 bits per heavy atom. The lowest BCUT2D eigenvalue weighted by Crippen LogP contribution is -2.44. The average molecular weight is 435 g/mol. The monoisotopic (exact) mass is 434 g/mol. The highest BCUT2D eigenvalue weighted by atomic mass is 16.5. The number of carbonyl (C=O) groups is 2. The van der Waals surface area contributed by atoms with E-state index < -0.39 is 5.41 Å². The van der Waals surface area contributed by atoms with E-state index in [0.29, 0.717) is 38.3 Å². The second kappa shape index (κ2) is 9.76. The van der Waals surface area contributed by atoms with Crippen LogP contribution >= 0.6 is 0 Å². The van der Waals surface area contributed by atoms with Gasteiger partial charge in [0.15, 0.2) is 0 Å². The third-order valence-electron chi connectivity index (χ3n) is 7.27. The lowest BCUT2D eigenvalue weighted by Gasteiger charge is -2.28. The van der Waals surface area contributed by atoms with E-state index in [1.54, 1.807) is 14.2 Å². The molecule has 170 valence electrons. The number of nitrogens with zero attached hydrogens (tertiary/aromatic N) is 1. The van der Waals surface area contributed by atoms with Gasteiger partial charge in [0, 0.05) is 32.1 Å². The molecule has 5 nitrogen and oxygen atoms in total. The van der Waals surface area contributed by atoms with Crippen LogP contribution in [0.4, 0.5) is 0 Å². The maximum Gasteiger partial charge on any atom is 0.228 e. The SMILES string of the molecule is CNC(=O)[C@]1(Cc2ccc(-c3ccccc3OC)cc2)CCN(C(=O)CC2CCCC2)C1. The van der Waals surface area contributed by atoms with Crippen molar-refractivity contribution in [1.82, 2.24) is 10.2 Å². The zero-order valence-electron chi connectivity index (χ0n) is 19.2. The Morgan fingerprint density at radius 2 is 1.81 bits per heavy atom. The van der Waals surface area contributed by atoms with Crippen molar-refractivity contribution in [1.29, 1.82) is 0 Å². The number of nitrogens with one attached hydrogen (secondary N) is 1. The van der Waals surface area contributed by atoms with Crippen LogP contribution < -0.4 is 10.1 Å². The molecule has 0 bridgehead atoms. The van der Waals surface area contributed by atoms with Crippen LogP contribution in [0, 0.1) is 11.3 Å². The molecule has 4 rings (SSSR count). The number of benzene rings is 2. The summed E-state index contributed by atoms with van der Waals surface area (Å²) in [6.07, 6.45) is 6.79. The predicted molar refractivity (Wildman–Crippen MR) is 126 cm³/mol. The van der Waals surface area contributed by atoms with Crippen LogP contribution in [0.25, 0.3) is 11.1 Å². The Bertz CT molecular complexity index is 950. The number of carbonyl (C=O) groups excluding carboxylic acids is 2. The van der Waals surface area contributed by atoms with E-state index in [-0.39, 0.29) is 11.8 Å². The molecule has 2 amide bonds. The van der Waals surface area contributed by atoms with Gasteiger partial charge in [0.25, 0.3) is 0 Å². The Balaban J connectivity index is 1.48. The van der Waals surface area contributed by atoms with Gasteiger partial charge in [0.05, 0.1) is 12.5 Å². The highest BCUT2D eigenvalue weighted by molar-refractivity contribution is 5.85. The molecule has 0 unspecified atom stereocenters. The highest BCUT2D eigenvalue weighted by Gasteiger charge is 2.45. The standard InChI is InChI=1S/C27H34N2O3/c1-28-26(31)27(15-16-29(19-27)25(30)17-20-7-3-4-8-20)18-21-11-13-22(14-12-21)23-9-5-6-10-24(23)32-2/h5-6,9-14,20H,3-4,7-8,15-19H2,1-2H3,(H,28,31)/t27-/m0/s1. The van der Waals surface area contributed by atoms with Crippen LogP contribution in [0.3, 0.4) is 0 Å². The van der Waals surface area contributed by atoms with E-state index in [9.17, 15) is 9.59 Å². The minimum Gasteiger partial charge on any atom is -0.496 e. The average Bonchev–Trinajstić information content (AvgIpc) is 3.50. The molecule has 32 heavy (non-hydrogen) atoms. The molecular weight excluding hydrogens is 400 g/mol. The minimum atomic E-state index is -0.563. The summed E-state index contributed by atoms with van der Waals surface area (Å²) in [4.78, 5) is 27.8. The number of likely N-dealkylation sites (tertiary alicyclic amines) is 1. The minimum absolute atomic E-state index is 0.0301. The van der Waals surface area contributed by atoms with Crippen molar-refractivity contribution in [3.05, 3.63) is 54.1 Å². The molecule has 5 heteroatoms. The van der Waals surface area contributed by atoms with E-state index in [1.807, 2.05) is 29.2 Å². The van der Waals surface area contributed by atoms with E-state index >= 15 is 0 Å². The fraction of sp³-hybridized carbons (Fsp3) is 0.481. The molecule has 0 spiro atoms. The van der Waals surface area contributed by atoms with Gasteiger partial charge in [0.1, 0.15) is 5.75 Å². The first-order valence-electron chi connectivity index (χ1n) is 11.8. The number of hydrogen-bond acceptors (Lipinski definition) is 3. The number of ether oxygens (including phenoxy) is 1. The molecular formula is C27H34N2O3. The smallest absolute Gasteiger partial charge is 0.228 e. The fourth-order valence-electron chi connectivity index (χ4n) is 5.43. The van der Waals surface area contributed by atoms with Crippen LogP contribution in [0.5, 0.6) is 5.75 Å². The Morgan fingerprint density at radius 3 is 2.50 bits per heavy atom. The third kappa shape index (κ3) is 4.67. The molecule has 1 atom stereocenters. The summed E-state index contributed by atoms with van der Waals surface area (Å²) in [6.45, 7) is 1.17. The van der Waals surface area contributed by atoms with Crippen molar-refractivity contribution in [2.75, 3.05) is 27.2 Å². The molecule has 0 radical (unpaired) electrons. The summed E-state index contributed by atoms with van der Waals surface area (Å²) in [6, 6.07) is 16.3. The molecule has 1 N–H and O–H groups in total. The second-order valence-corrected chi connectivity index (χ2v) is 9.35. The van der Waals surface area contributed by atoms with Gasteiger partial charge in [-0.2, -0.15) is 0 Å². The normalized spacial score (nSPS) is 21.0. The van der Waals surface area contributed by atoms with Gasteiger partial charge in [-0.15, -0.1) is 0 Å². The van der Waals surface area contributed by atoms with Crippen molar-refractivity contribution in [2.45, 2.75) is 44.9 Å². The summed E-state index contributed by atoms with van der Waals surface area (Å²) in [7, 11) is 3.37. The zero-order chi connectivity index (χ0) is 22.6. The summed E-state index contributed by atoms with van der Waals surface area (Å²) in [5.41, 5.74) is 2.68. The van der Waals surface area contributed by atoms with Gasteiger partial charge < -0.3 is 15.0 Å². The van der Waals surface area contributed by atoms with E-state index in [4.69, 9.17) is 4.74 Å². The molecule has 2 fully saturated rings. The van der Waals surface area contributed by atoms with E-state index in [0.717, 1.165) is 22.4 Å². The first kappa shape index (κ1) is 22.4. The van der Waals surface area contributed by atoms with Crippen molar-refractivity contribution in [3.8, 4) is 16.9 Å². The summed E-state index contributed by atoms with van der Waals surface area (Å²) in [5.74, 6) is 1.62. The van der Waals surface area contributed by atoms with Crippen LogP contribution in [0.1, 0.15) is 44.1 Å². The lowest BCUT2D eigenvalue weighted by atomic mass is 9.79. The van der Waals surface area contributed by atoms with Gasteiger partial charge >= 0.3 is 0 Å². The molecule has 1 heterocycles. The number of hydrogen-bond donors (Lipinski definition) is 1. The van der Waals surface area contributed by atoms with Gasteiger partial charge in [-0.3, -0.25) is 9.59 Å². The van der Waals surface area contributed by atoms with Gasteiger partial charge in [0.2, 0.25) is 11.8 Å². The molecule has 2 aliphatic rings. The first-order valence-corrected chi connectivity index (χ1v) is 11.8. The van der Waals surface area contributed by atoms with Crippen molar-refractivity contribution in [3.63, 3.8) is 0 Å². The van der Waals surface area contributed by atoms with Crippen molar-refractivity contribution in [2.24, 2.45) is 11.3 Å². The molecule has 2 aromatic carbocycles. The number of amides is 2. The van der Waals surface area contributed by atoms with Gasteiger partial charge in [-0.1, -0.05) is 55.3 Å². The second-order valence-electron chi connectivity index (χ2n) is 9.35. The molecule has 1 saturated heterocycles. The lowest BCUT2D eigenvalue weighted by molar-refractivity contribution is -0.133. The van der Waals surface area contributed by atoms with Crippen molar-refractivity contribution >= 4 is 11.8 Å². The maximum atomic E-state index is 13.0. The summed E-state index contributed by atoms with van der Waals surface area (Å²) >= 11 is 0. The Hall–Kier alpha value is -2.82. The first-order chi connectivity index (χ1) is 15.5. The maximum absolute atomic E-state index is 13.0. The Kier molecular flexibility index (Phi) is 6.83. The fourth-order valence-corrected chi connectivity index (χ4v) is 5.43. The van der Waals surface area contributed by atoms with Crippen LogP contribution in [-0.2, 0) is 16.0 Å². The van der Waals surface area contributed by atoms with E-state index in [2.05, 4.69) is 29.6 Å². The van der Waals surface area contributed by atoms with Crippen LogP contribution in [-0.4, -0.2) is 44.0 Å². The molecule has 1 aliphatic heterocycles. The van der Waals surface area contributed by atoms with Crippen LogP contribution in [0.2, 0.25) is 0 Å². The molecule has 1 aliphatic carbocycles. The third-order valence-corrected chi connectivity index (χ3v) is 7.27. The quantitative estimate of drug-likeness (QED) is 0.700. The van der Waals surface area contributed by atoms with Crippen molar-refractivity contribution < 1.29 is 14.3 Å². The predicted octanol–water partition coefficient (Wildman–Crippen LogP) is 4.45. The van der Waals surface area contributed by atoms with Gasteiger partial charge in [-0.25, -0.2) is 0 Å². The summed E-state index contributed by atoms with van der Waals surface area (Å²) < 4.78 is 5.49. The van der Waals surface area contributed by atoms with Gasteiger partial charge in [-0.05, 0) is 48.8 Å². The summed E-state index contributed by atoms with van der Waals surface area (Å²) in [5, 5.41) is 2.86. The molecule has 2 aromatic rings. The molecule has 1 saturated carbocycles. The highest BCUT2D eigenvalue weighted by Crippen LogP contribution is 2.37. The zero-order valence-corrected chi connectivity index (χ0v) is 19.2. The molecule has 0 aromatic heterocycles. The number of para-hydroxylation sites is 1. The number of methoxy groups -OCH3 is 1. The van der Waals surface area contributed by atoms with Crippen LogP contribution in [0.15, 0.2) is 48.5 Å². The van der Waals surface area contributed by atoms with E-state index in [1.165, 1.54) is 25.7 Å². The topological polar surface area (TPSA) is 58.6 Å². The Labute approximate surface area is 191 Å². The number of rotatable bonds is 7.